The van der Waals surface area contributed by atoms with Crippen LogP contribution in [0.15, 0.2) is 0 Å². The van der Waals surface area contributed by atoms with E-state index in [-0.39, 0.29) is 35.7 Å². The molecular weight excluding hydrogens is 280 g/mol. The predicted molar refractivity (Wildman–Crippen MR) is 89.7 cm³/mol. The van der Waals surface area contributed by atoms with E-state index in [0.717, 1.165) is 6.42 Å². The van der Waals surface area contributed by atoms with Gasteiger partial charge in [-0.25, -0.2) is 0 Å². The molecule has 0 aliphatic carbocycles. The van der Waals surface area contributed by atoms with Gasteiger partial charge in [0.05, 0.1) is 6.61 Å². The number of carbonyl (C=O) groups is 2. The summed E-state index contributed by atoms with van der Waals surface area (Å²) < 4.78 is 5.30. The fraction of sp³-hybridized carbons (Fsp3) is 0.882. The van der Waals surface area contributed by atoms with Crippen molar-refractivity contribution < 1.29 is 14.3 Å². The molecule has 2 amide bonds. The molecular formula is C17H34N2O3. The van der Waals surface area contributed by atoms with Crippen molar-refractivity contribution in [2.75, 3.05) is 19.8 Å². The van der Waals surface area contributed by atoms with Crippen LogP contribution in [-0.2, 0) is 14.3 Å². The zero-order valence-corrected chi connectivity index (χ0v) is 15.4. The van der Waals surface area contributed by atoms with E-state index in [2.05, 4.69) is 5.32 Å². The van der Waals surface area contributed by atoms with E-state index in [9.17, 15) is 9.59 Å². The molecule has 130 valence electrons. The quantitative estimate of drug-likeness (QED) is 0.701. The van der Waals surface area contributed by atoms with Gasteiger partial charge in [0.2, 0.25) is 11.8 Å². The maximum Gasteiger partial charge on any atom is 0.223 e. The molecule has 5 heteroatoms. The Labute approximate surface area is 135 Å². The average Bonchev–Trinajstić information content (AvgIpc) is 2.32. The Bertz CT molecular complexity index is 340. The Morgan fingerprint density at radius 2 is 1.50 bits per heavy atom. The molecule has 0 spiro atoms. The van der Waals surface area contributed by atoms with E-state index >= 15 is 0 Å². The SMILES string of the molecule is CCCOCCNC(=O)CCC(=O)N(C(C)(C)C)C(C)(C)C. The largest absolute Gasteiger partial charge is 0.380 e. The molecule has 0 bridgehead atoms. The first-order chi connectivity index (χ1) is 10.00. The summed E-state index contributed by atoms with van der Waals surface area (Å²) in [4.78, 5) is 26.1. The third-order valence-corrected chi connectivity index (χ3v) is 3.07. The number of amides is 2. The van der Waals surface area contributed by atoms with Crippen molar-refractivity contribution in [1.82, 2.24) is 10.2 Å². The van der Waals surface area contributed by atoms with Gasteiger partial charge in [-0.15, -0.1) is 0 Å². The predicted octanol–water partition coefficient (Wildman–Crippen LogP) is 2.74. The lowest BCUT2D eigenvalue weighted by Gasteiger charge is -2.45. The van der Waals surface area contributed by atoms with E-state index in [1.807, 2.05) is 53.4 Å². The molecule has 0 fully saturated rings. The van der Waals surface area contributed by atoms with Crippen LogP contribution in [0.25, 0.3) is 0 Å². The Morgan fingerprint density at radius 3 is 1.95 bits per heavy atom. The van der Waals surface area contributed by atoms with Gasteiger partial charge in [-0.05, 0) is 48.0 Å². The molecule has 0 heterocycles. The molecule has 0 saturated heterocycles. The second kappa shape index (κ2) is 9.13. The van der Waals surface area contributed by atoms with E-state index in [1.165, 1.54) is 0 Å². The Kier molecular flexibility index (Phi) is 8.68. The van der Waals surface area contributed by atoms with Crippen LogP contribution in [0.3, 0.4) is 0 Å². The van der Waals surface area contributed by atoms with Crippen molar-refractivity contribution in [1.29, 1.82) is 0 Å². The summed E-state index contributed by atoms with van der Waals surface area (Å²) in [6, 6.07) is 0. The third-order valence-electron chi connectivity index (χ3n) is 3.07. The molecule has 0 aliphatic rings. The number of rotatable bonds is 8. The molecule has 0 radical (unpaired) electrons. The number of carbonyl (C=O) groups excluding carboxylic acids is 2. The summed E-state index contributed by atoms with van der Waals surface area (Å²) in [6.45, 7) is 15.9. The lowest BCUT2D eigenvalue weighted by molar-refractivity contribution is -0.144. The fourth-order valence-corrected chi connectivity index (χ4v) is 2.68. The zero-order chi connectivity index (χ0) is 17.4. The normalized spacial score (nSPS) is 12.1. The number of nitrogens with one attached hydrogen (secondary N) is 1. The highest BCUT2D eigenvalue weighted by molar-refractivity contribution is 5.84. The first-order valence-corrected chi connectivity index (χ1v) is 8.17. The Morgan fingerprint density at radius 1 is 0.955 bits per heavy atom. The van der Waals surface area contributed by atoms with Crippen molar-refractivity contribution in [3.05, 3.63) is 0 Å². The monoisotopic (exact) mass is 314 g/mol. The molecule has 0 aromatic rings. The van der Waals surface area contributed by atoms with Crippen LogP contribution in [0.2, 0.25) is 0 Å². The summed E-state index contributed by atoms with van der Waals surface area (Å²) in [6.07, 6.45) is 1.42. The van der Waals surface area contributed by atoms with Gasteiger partial charge in [-0.2, -0.15) is 0 Å². The topological polar surface area (TPSA) is 58.6 Å². The lowest BCUT2D eigenvalue weighted by atomic mass is 9.95. The first-order valence-electron chi connectivity index (χ1n) is 8.17. The molecule has 22 heavy (non-hydrogen) atoms. The van der Waals surface area contributed by atoms with E-state index in [0.29, 0.717) is 19.8 Å². The Balaban J connectivity index is 4.27. The van der Waals surface area contributed by atoms with Gasteiger partial charge >= 0.3 is 0 Å². The molecule has 5 nitrogen and oxygen atoms in total. The molecule has 0 aromatic carbocycles. The molecule has 0 unspecified atom stereocenters. The molecule has 0 aliphatic heterocycles. The third kappa shape index (κ3) is 8.37. The van der Waals surface area contributed by atoms with Gasteiger partial charge in [0.1, 0.15) is 0 Å². The van der Waals surface area contributed by atoms with E-state index in [4.69, 9.17) is 4.74 Å². The highest BCUT2D eigenvalue weighted by Crippen LogP contribution is 2.25. The van der Waals surface area contributed by atoms with Crippen molar-refractivity contribution in [2.45, 2.75) is 78.8 Å². The van der Waals surface area contributed by atoms with Gasteiger partial charge in [0.15, 0.2) is 0 Å². The van der Waals surface area contributed by atoms with Crippen LogP contribution >= 0.6 is 0 Å². The number of hydrogen-bond donors (Lipinski definition) is 1. The van der Waals surface area contributed by atoms with Gasteiger partial charge < -0.3 is 15.0 Å². The van der Waals surface area contributed by atoms with Gasteiger partial charge in [-0.1, -0.05) is 6.92 Å². The minimum Gasteiger partial charge on any atom is -0.380 e. The lowest BCUT2D eigenvalue weighted by Crippen LogP contribution is -2.55. The second-order valence-corrected chi connectivity index (χ2v) is 7.53. The van der Waals surface area contributed by atoms with Gasteiger partial charge in [0, 0.05) is 37.1 Å². The van der Waals surface area contributed by atoms with Gasteiger partial charge in [0.25, 0.3) is 0 Å². The highest BCUT2D eigenvalue weighted by Gasteiger charge is 2.35. The molecule has 0 saturated carbocycles. The van der Waals surface area contributed by atoms with Crippen LogP contribution in [0.4, 0.5) is 0 Å². The fourth-order valence-electron chi connectivity index (χ4n) is 2.68. The van der Waals surface area contributed by atoms with Crippen molar-refractivity contribution >= 4 is 11.8 Å². The summed E-state index contributed by atoms with van der Waals surface area (Å²) >= 11 is 0. The highest BCUT2D eigenvalue weighted by atomic mass is 16.5. The maximum atomic E-state index is 12.5. The van der Waals surface area contributed by atoms with E-state index < -0.39 is 0 Å². The van der Waals surface area contributed by atoms with Crippen molar-refractivity contribution in [3.63, 3.8) is 0 Å². The summed E-state index contributed by atoms with van der Waals surface area (Å²) in [5.41, 5.74) is -0.528. The summed E-state index contributed by atoms with van der Waals surface area (Å²) in [7, 11) is 0. The van der Waals surface area contributed by atoms with Crippen LogP contribution in [0, 0.1) is 0 Å². The van der Waals surface area contributed by atoms with E-state index in [1.54, 1.807) is 0 Å². The molecule has 0 aromatic heterocycles. The Hall–Kier alpha value is -1.10. The van der Waals surface area contributed by atoms with Crippen LogP contribution in [0.1, 0.15) is 67.7 Å². The van der Waals surface area contributed by atoms with Crippen LogP contribution in [-0.4, -0.2) is 47.6 Å². The number of nitrogens with zero attached hydrogens (tertiary/aromatic N) is 1. The minimum absolute atomic E-state index is 0.0115. The molecule has 0 atom stereocenters. The van der Waals surface area contributed by atoms with Crippen LogP contribution in [0.5, 0.6) is 0 Å². The van der Waals surface area contributed by atoms with Crippen molar-refractivity contribution in [3.8, 4) is 0 Å². The average molecular weight is 314 g/mol. The van der Waals surface area contributed by atoms with Crippen molar-refractivity contribution in [2.24, 2.45) is 0 Å². The van der Waals surface area contributed by atoms with Crippen LogP contribution < -0.4 is 5.32 Å². The van der Waals surface area contributed by atoms with Gasteiger partial charge in [-0.3, -0.25) is 9.59 Å². The smallest absolute Gasteiger partial charge is 0.223 e. The molecule has 0 rings (SSSR count). The zero-order valence-electron chi connectivity index (χ0n) is 15.4. The number of ether oxygens (including phenoxy) is 1. The molecule has 1 N–H and O–H groups in total. The number of hydrogen-bond acceptors (Lipinski definition) is 3. The summed E-state index contributed by atoms with van der Waals surface area (Å²) in [5, 5.41) is 2.78. The first kappa shape index (κ1) is 20.9. The second-order valence-electron chi connectivity index (χ2n) is 7.53. The standard InChI is InChI=1S/C17H34N2O3/c1-8-12-22-13-11-18-14(20)9-10-15(21)19(16(2,3)4)17(5,6)7/h8-13H2,1-7H3,(H,18,20). The summed E-state index contributed by atoms with van der Waals surface area (Å²) in [5.74, 6) is -0.0893. The maximum absolute atomic E-state index is 12.5. The minimum atomic E-state index is -0.264.